The summed E-state index contributed by atoms with van der Waals surface area (Å²) >= 11 is 6.63. The fourth-order valence-electron chi connectivity index (χ4n) is 5.12. The number of rotatable bonds is 11. The van der Waals surface area contributed by atoms with E-state index in [4.69, 9.17) is 16.3 Å². The van der Waals surface area contributed by atoms with E-state index in [1.54, 1.807) is 37.8 Å². The number of carbonyl (C=O) groups is 1. The summed E-state index contributed by atoms with van der Waals surface area (Å²) in [6, 6.07) is 11.8. The molecule has 1 aliphatic heterocycles. The maximum atomic E-state index is 13.1. The second-order valence-electron chi connectivity index (χ2n) is 11.4. The highest BCUT2D eigenvalue weighted by atomic mass is 35.5. The van der Waals surface area contributed by atoms with Crippen LogP contribution >= 0.6 is 11.6 Å². The number of likely N-dealkylation sites (tertiary alicyclic amines) is 1. The van der Waals surface area contributed by atoms with Crippen LogP contribution in [-0.4, -0.2) is 82.4 Å². The summed E-state index contributed by atoms with van der Waals surface area (Å²) in [5.41, 5.74) is 5.39. The number of nitrogens with zero attached hydrogens (tertiary/aromatic N) is 6. The fraction of sp³-hybridized carbons (Fsp3) is 0.353. The molecule has 10 nitrogen and oxygen atoms in total. The summed E-state index contributed by atoms with van der Waals surface area (Å²) in [5.74, 6) is 6.50. The molecule has 0 bridgehead atoms. The lowest BCUT2D eigenvalue weighted by atomic mass is 10.0. The summed E-state index contributed by atoms with van der Waals surface area (Å²) in [5, 5.41) is 11.1. The van der Waals surface area contributed by atoms with Gasteiger partial charge in [0.1, 0.15) is 0 Å². The molecule has 1 atom stereocenters. The number of amides is 1. The molecule has 1 aliphatic rings. The van der Waals surface area contributed by atoms with Gasteiger partial charge in [-0.3, -0.25) is 14.4 Å². The van der Waals surface area contributed by atoms with Gasteiger partial charge in [-0.2, -0.15) is 5.10 Å². The van der Waals surface area contributed by atoms with Gasteiger partial charge in [0, 0.05) is 86.4 Å². The highest BCUT2D eigenvalue weighted by Crippen LogP contribution is 2.25. The van der Waals surface area contributed by atoms with E-state index in [0.717, 1.165) is 61.4 Å². The Labute approximate surface area is 269 Å². The molecule has 3 heterocycles. The van der Waals surface area contributed by atoms with Crippen LogP contribution in [0.15, 0.2) is 61.2 Å². The van der Waals surface area contributed by atoms with Gasteiger partial charge in [-0.05, 0) is 69.3 Å². The van der Waals surface area contributed by atoms with Crippen LogP contribution in [-0.2, 0) is 17.8 Å². The largest absolute Gasteiger partial charge is 0.385 e. The predicted octanol–water partition coefficient (Wildman–Crippen LogP) is 5.20. The Morgan fingerprint density at radius 1 is 1.11 bits per heavy atom. The van der Waals surface area contributed by atoms with Crippen molar-refractivity contribution in [2.75, 3.05) is 51.5 Å². The van der Waals surface area contributed by atoms with Crippen LogP contribution in [0.25, 0.3) is 0 Å². The van der Waals surface area contributed by atoms with Gasteiger partial charge in [-0.1, -0.05) is 35.6 Å². The zero-order valence-electron chi connectivity index (χ0n) is 26.2. The van der Waals surface area contributed by atoms with Crippen LogP contribution in [0.5, 0.6) is 0 Å². The first-order valence-corrected chi connectivity index (χ1v) is 15.4. The monoisotopic (exact) mass is 626 g/mol. The molecular formula is C34H39ClN8O2. The van der Waals surface area contributed by atoms with Crippen LogP contribution in [0.2, 0.25) is 5.02 Å². The fourth-order valence-corrected chi connectivity index (χ4v) is 5.36. The lowest BCUT2D eigenvalue weighted by Gasteiger charge is -2.21. The molecule has 0 saturated carbocycles. The van der Waals surface area contributed by atoms with Gasteiger partial charge in [-0.15, -0.1) is 0 Å². The highest BCUT2D eigenvalue weighted by molar-refractivity contribution is 6.31. The van der Waals surface area contributed by atoms with E-state index in [2.05, 4.69) is 61.4 Å². The minimum atomic E-state index is -0.226. The first kappa shape index (κ1) is 32.1. The molecule has 1 amide bonds. The van der Waals surface area contributed by atoms with Gasteiger partial charge in [0.2, 0.25) is 5.95 Å². The van der Waals surface area contributed by atoms with Gasteiger partial charge in [0.25, 0.3) is 5.91 Å². The van der Waals surface area contributed by atoms with Crippen LogP contribution in [0.4, 0.5) is 17.3 Å². The second kappa shape index (κ2) is 15.1. The van der Waals surface area contributed by atoms with Gasteiger partial charge in [-0.25, -0.2) is 9.97 Å². The van der Waals surface area contributed by atoms with Gasteiger partial charge in [0.15, 0.2) is 0 Å². The third-order valence-corrected chi connectivity index (χ3v) is 8.15. The third kappa shape index (κ3) is 8.90. The van der Waals surface area contributed by atoms with Crippen molar-refractivity contribution in [2.45, 2.75) is 38.9 Å². The minimum absolute atomic E-state index is 0.226. The van der Waals surface area contributed by atoms with E-state index in [9.17, 15) is 4.79 Å². The van der Waals surface area contributed by atoms with E-state index in [-0.39, 0.29) is 5.91 Å². The predicted molar refractivity (Wildman–Crippen MR) is 178 cm³/mol. The van der Waals surface area contributed by atoms with Crippen molar-refractivity contribution in [1.82, 2.24) is 29.5 Å². The zero-order valence-corrected chi connectivity index (χ0v) is 26.9. The van der Waals surface area contributed by atoms with Crippen molar-refractivity contribution in [3.8, 4) is 11.8 Å². The van der Waals surface area contributed by atoms with Crippen LogP contribution in [0.3, 0.4) is 0 Å². The normalized spacial score (nSPS) is 14.8. The molecule has 1 saturated heterocycles. The molecule has 2 aromatic carbocycles. The number of hydrogen-bond donors (Lipinski definition) is 2. The number of hydrogen-bond acceptors (Lipinski definition) is 8. The summed E-state index contributed by atoms with van der Waals surface area (Å²) in [6.07, 6.45) is 9.00. The van der Waals surface area contributed by atoms with E-state index >= 15 is 0 Å². The number of aromatic nitrogens is 4. The summed E-state index contributed by atoms with van der Waals surface area (Å²) in [4.78, 5) is 26.6. The lowest BCUT2D eigenvalue weighted by molar-refractivity contribution is 0.102. The Bertz CT molecular complexity index is 1680. The first-order valence-electron chi connectivity index (χ1n) is 15.0. The van der Waals surface area contributed by atoms with Crippen molar-refractivity contribution in [3.05, 3.63) is 94.0 Å². The summed E-state index contributed by atoms with van der Waals surface area (Å²) < 4.78 is 6.93. The van der Waals surface area contributed by atoms with E-state index < -0.39 is 0 Å². The van der Waals surface area contributed by atoms with Crippen molar-refractivity contribution in [3.63, 3.8) is 0 Å². The Hall–Kier alpha value is -4.27. The average molecular weight is 627 g/mol. The van der Waals surface area contributed by atoms with Gasteiger partial charge in [0.05, 0.1) is 17.4 Å². The number of halogens is 1. The number of carbonyl (C=O) groups excluding carboxylic acids is 1. The van der Waals surface area contributed by atoms with E-state index in [1.165, 1.54) is 0 Å². The summed E-state index contributed by atoms with van der Waals surface area (Å²) in [7, 11) is 5.94. The Morgan fingerprint density at radius 2 is 1.93 bits per heavy atom. The molecule has 11 heteroatoms. The number of aryl methyl sites for hydroxylation is 2. The topological polar surface area (TPSA) is 100 Å². The van der Waals surface area contributed by atoms with Crippen molar-refractivity contribution in [1.29, 1.82) is 0 Å². The molecule has 1 unspecified atom stereocenters. The van der Waals surface area contributed by atoms with Crippen molar-refractivity contribution >= 4 is 34.8 Å². The number of anilines is 3. The molecule has 45 heavy (non-hydrogen) atoms. The molecule has 234 valence electrons. The Morgan fingerprint density at radius 3 is 2.67 bits per heavy atom. The first-order chi connectivity index (χ1) is 21.8. The lowest BCUT2D eigenvalue weighted by Crippen LogP contribution is -2.31. The smallest absolute Gasteiger partial charge is 0.255 e. The van der Waals surface area contributed by atoms with E-state index in [1.807, 2.05) is 42.1 Å². The number of benzene rings is 2. The molecule has 0 radical (unpaired) electrons. The Balaban J connectivity index is 1.18. The molecular weight excluding hydrogens is 588 g/mol. The summed E-state index contributed by atoms with van der Waals surface area (Å²) in [6.45, 7) is 6.29. The van der Waals surface area contributed by atoms with Crippen molar-refractivity contribution < 1.29 is 9.53 Å². The zero-order chi connectivity index (χ0) is 31.8. The van der Waals surface area contributed by atoms with Crippen molar-refractivity contribution in [2.24, 2.45) is 0 Å². The molecule has 1 fully saturated rings. The van der Waals surface area contributed by atoms with Crippen LogP contribution < -0.4 is 10.6 Å². The van der Waals surface area contributed by atoms with Gasteiger partial charge >= 0.3 is 0 Å². The Kier molecular flexibility index (Phi) is 10.8. The SMILES string of the molecule is COCCCn1cc(Nc2ncc(C#Cc3cc(C(=O)Nc4ccc(CN5CCC(N(C)C)C5)c(Cl)c4)ccc3C)cn2)cn1. The number of nitrogens with one attached hydrogen (secondary N) is 2. The molecule has 0 aliphatic carbocycles. The van der Waals surface area contributed by atoms with Gasteiger partial charge < -0.3 is 20.3 Å². The van der Waals surface area contributed by atoms with Crippen LogP contribution in [0, 0.1) is 18.8 Å². The molecule has 0 spiro atoms. The quantitative estimate of drug-likeness (QED) is 0.173. The maximum absolute atomic E-state index is 13.1. The third-order valence-electron chi connectivity index (χ3n) is 7.80. The number of likely N-dealkylation sites (N-methyl/N-ethyl adjacent to an activating group) is 1. The minimum Gasteiger partial charge on any atom is -0.385 e. The highest BCUT2D eigenvalue weighted by Gasteiger charge is 2.24. The number of ether oxygens (including phenoxy) is 1. The van der Waals surface area contributed by atoms with E-state index in [0.29, 0.717) is 40.4 Å². The standard InChI is InChI=1S/C34H39ClN8O2/c1-24-6-8-27(33(44)39-29-11-10-28(32(35)17-29)21-42-14-12-31(23-42)41(2)3)16-26(24)9-7-25-18-36-34(37-19-25)40-30-20-38-43(22-30)13-5-15-45-4/h6,8,10-11,16-20,22,31H,5,12-15,21,23H2,1-4H3,(H,39,44)(H,36,37,40). The molecule has 5 rings (SSSR count). The number of methoxy groups -OCH3 is 1. The van der Waals surface area contributed by atoms with Crippen LogP contribution in [0.1, 0.15) is 45.5 Å². The molecule has 2 N–H and O–H groups in total. The second-order valence-corrected chi connectivity index (χ2v) is 11.8. The molecule has 2 aromatic heterocycles. The maximum Gasteiger partial charge on any atom is 0.255 e. The molecule has 4 aromatic rings. The average Bonchev–Trinajstić information content (AvgIpc) is 3.69.